The van der Waals surface area contributed by atoms with E-state index in [1.54, 1.807) is 0 Å². The van der Waals surface area contributed by atoms with Crippen molar-refractivity contribution in [1.29, 1.82) is 0 Å². The highest BCUT2D eigenvalue weighted by molar-refractivity contribution is 5.85. The van der Waals surface area contributed by atoms with Crippen LogP contribution in [-0.4, -0.2) is 43.8 Å². The Morgan fingerprint density at radius 2 is 1.84 bits per heavy atom. The van der Waals surface area contributed by atoms with Crippen LogP contribution < -0.4 is 15.2 Å². The van der Waals surface area contributed by atoms with Crippen LogP contribution >= 0.6 is 12.4 Å². The Morgan fingerprint density at radius 1 is 1.21 bits per heavy atom. The van der Waals surface area contributed by atoms with Gasteiger partial charge in [-0.15, -0.1) is 12.4 Å². The fourth-order valence-corrected chi connectivity index (χ4v) is 2.16. The largest absolute Gasteiger partial charge is 0.494 e. The Bertz CT molecular complexity index is 359. The number of hydrogen-bond acceptors (Lipinski definition) is 4. The molecule has 0 spiro atoms. The van der Waals surface area contributed by atoms with Crippen molar-refractivity contribution in [3.63, 3.8) is 0 Å². The molecule has 1 aliphatic rings. The zero-order valence-electron chi connectivity index (χ0n) is 11.4. The highest BCUT2D eigenvalue weighted by Gasteiger charge is 2.18. The summed E-state index contributed by atoms with van der Waals surface area (Å²) in [7, 11) is 0. The third-order valence-electron chi connectivity index (χ3n) is 3.12. The maximum atomic E-state index is 5.86. The summed E-state index contributed by atoms with van der Waals surface area (Å²) in [6, 6.07) is 8.10. The van der Waals surface area contributed by atoms with E-state index in [2.05, 4.69) is 4.90 Å². The van der Waals surface area contributed by atoms with E-state index in [1.807, 2.05) is 31.2 Å². The summed E-state index contributed by atoms with van der Waals surface area (Å²) in [6.45, 7) is 6.41. The molecule has 0 saturated carbocycles. The van der Waals surface area contributed by atoms with E-state index in [9.17, 15) is 0 Å². The van der Waals surface area contributed by atoms with Crippen LogP contribution in [0, 0.1) is 0 Å². The summed E-state index contributed by atoms with van der Waals surface area (Å²) in [4.78, 5) is 2.35. The number of likely N-dealkylation sites (tertiary alicyclic amines) is 1. The predicted octanol–water partition coefficient (Wildman–Crippen LogP) is 1.92. The van der Waals surface area contributed by atoms with Crippen LogP contribution in [0.2, 0.25) is 0 Å². The van der Waals surface area contributed by atoms with E-state index >= 15 is 0 Å². The molecule has 2 rings (SSSR count). The molecule has 19 heavy (non-hydrogen) atoms. The van der Waals surface area contributed by atoms with E-state index in [0.717, 1.165) is 37.6 Å². The lowest BCUT2D eigenvalue weighted by Crippen LogP contribution is -2.29. The van der Waals surface area contributed by atoms with E-state index in [4.69, 9.17) is 15.2 Å². The first-order valence-corrected chi connectivity index (χ1v) is 6.61. The van der Waals surface area contributed by atoms with Crippen molar-refractivity contribution in [2.75, 3.05) is 32.8 Å². The molecule has 4 nitrogen and oxygen atoms in total. The minimum Gasteiger partial charge on any atom is -0.494 e. The van der Waals surface area contributed by atoms with Gasteiger partial charge in [0.25, 0.3) is 0 Å². The van der Waals surface area contributed by atoms with Gasteiger partial charge in [0.05, 0.1) is 6.61 Å². The van der Waals surface area contributed by atoms with Gasteiger partial charge in [-0.2, -0.15) is 0 Å². The molecule has 5 heteroatoms. The molecule has 0 aromatic heterocycles. The summed E-state index contributed by atoms with van der Waals surface area (Å²) in [5.74, 6) is 1.78. The molecule has 1 aliphatic heterocycles. The smallest absolute Gasteiger partial charge is 0.119 e. The number of rotatable bonds is 6. The van der Waals surface area contributed by atoms with Gasteiger partial charge >= 0.3 is 0 Å². The molecule has 1 heterocycles. The third-order valence-corrected chi connectivity index (χ3v) is 3.12. The average molecular weight is 287 g/mol. The number of hydrogen-bond donors (Lipinski definition) is 1. The maximum absolute atomic E-state index is 5.86. The molecule has 1 aromatic rings. The average Bonchev–Trinajstić information content (AvgIpc) is 2.78. The summed E-state index contributed by atoms with van der Waals surface area (Å²) in [5, 5.41) is 0. The zero-order valence-corrected chi connectivity index (χ0v) is 12.2. The molecular weight excluding hydrogens is 264 g/mol. The topological polar surface area (TPSA) is 47.7 Å². The van der Waals surface area contributed by atoms with E-state index in [0.29, 0.717) is 19.3 Å². The molecule has 2 N–H and O–H groups in total. The molecule has 108 valence electrons. The van der Waals surface area contributed by atoms with Crippen LogP contribution in [0.3, 0.4) is 0 Å². The number of nitrogens with two attached hydrogens (primary N) is 1. The number of halogens is 1. The standard InChI is InChI=1S/C14H22N2O2.ClH/c1-2-17-13-3-5-14(6-4-13)18-10-9-16-8-7-12(15)11-16;/h3-6,12H,2,7-11,15H2,1H3;1H. The lowest BCUT2D eigenvalue weighted by molar-refractivity contribution is 0.236. The van der Waals surface area contributed by atoms with Gasteiger partial charge in [0.2, 0.25) is 0 Å². The summed E-state index contributed by atoms with van der Waals surface area (Å²) >= 11 is 0. The Labute approximate surface area is 121 Å². The van der Waals surface area contributed by atoms with Crippen molar-refractivity contribution in [3.8, 4) is 11.5 Å². The second kappa shape index (κ2) is 8.25. The van der Waals surface area contributed by atoms with Gasteiger partial charge in [-0.05, 0) is 44.2 Å². The number of benzene rings is 1. The fraction of sp³-hybridized carbons (Fsp3) is 0.571. The highest BCUT2D eigenvalue weighted by atomic mass is 35.5. The van der Waals surface area contributed by atoms with Crippen molar-refractivity contribution >= 4 is 12.4 Å². The fourth-order valence-electron chi connectivity index (χ4n) is 2.16. The highest BCUT2D eigenvalue weighted by Crippen LogP contribution is 2.17. The van der Waals surface area contributed by atoms with Crippen molar-refractivity contribution in [1.82, 2.24) is 4.90 Å². The van der Waals surface area contributed by atoms with Crippen molar-refractivity contribution < 1.29 is 9.47 Å². The van der Waals surface area contributed by atoms with Gasteiger partial charge in [-0.1, -0.05) is 0 Å². The minimum absolute atomic E-state index is 0. The Kier molecular flexibility index (Phi) is 6.99. The van der Waals surface area contributed by atoms with Gasteiger partial charge in [-0.3, -0.25) is 4.90 Å². The Morgan fingerprint density at radius 3 is 2.37 bits per heavy atom. The molecule has 1 saturated heterocycles. The number of ether oxygens (including phenoxy) is 2. The maximum Gasteiger partial charge on any atom is 0.119 e. The van der Waals surface area contributed by atoms with Crippen LogP contribution in [0.5, 0.6) is 11.5 Å². The lowest BCUT2D eigenvalue weighted by atomic mass is 10.3. The molecule has 1 aromatic carbocycles. The minimum atomic E-state index is 0. The molecule has 1 fully saturated rings. The van der Waals surface area contributed by atoms with Crippen LogP contribution in [0.15, 0.2) is 24.3 Å². The molecule has 1 unspecified atom stereocenters. The monoisotopic (exact) mass is 286 g/mol. The lowest BCUT2D eigenvalue weighted by Gasteiger charge is -2.15. The van der Waals surface area contributed by atoms with Gasteiger partial charge in [-0.25, -0.2) is 0 Å². The SMILES string of the molecule is CCOc1ccc(OCCN2CCC(N)C2)cc1.Cl. The van der Waals surface area contributed by atoms with Crippen LogP contribution in [0.4, 0.5) is 0 Å². The Hall–Kier alpha value is -0.970. The molecule has 0 radical (unpaired) electrons. The zero-order chi connectivity index (χ0) is 12.8. The van der Waals surface area contributed by atoms with Crippen LogP contribution in [0.1, 0.15) is 13.3 Å². The molecule has 0 amide bonds. The van der Waals surface area contributed by atoms with Crippen molar-refractivity contribution in [2.24, 2.45) is 5.73 Å². The van der Waals surface area contributed by atoms with Crippen molar-refractivity contribution in [3.05, 3.63) is 24.3 Å². The van der Waals surface area contributed by atoms with E-state index in [-0.39, 0.29) is 12.4 Å². The molecule has 1 atom stereocenters. The second-order valence-electron chi connectivity index (χ2n) is 4.60. The second-order valence-corrected chi connectivity index (χ2v) is 4.60. The summed E-state index contributed by atoms with van der Waals surface area (Å²) < 4.78 is 11.1. The van der Waals surface area contributed by atoms with Gasteiger partial charge in [0, 0.05) is 19.1 Å². The predicted molar refractivity (Wildman–Crippen MR) is 79.4 cm³/mol. The quantitative estimate of drug-likeness (QED) is 0.868. The van der Waals surface area contributed by atoms with Crippen molar-refractivity contribution in [2.45, 2.75) is 19.4 Å². The Balaban J connectivity index is 0.00000180. The number of nitrogens with zero attached hydrogens (tertiary/aromatic N) is 1. The van der Waals surface area contributed by atoms with Gasteiger partial charge in [0.15, 0.2) is 0 Å². The first kappa shape index (κ1) is 16.1. The van der Waals surface area contributed by atoms with Crippen LogP contribution in [0.25, 0.3) is 0 Å². The summed E-state index contributed by atoms with van der Waals surface area (Å²) in [5.41, 5.74) is 5.86. The normalized spacial score (nSPS) is 18.9. The molecule has 0 bridgehead atoms. The first-order chi connectivity index (χ1) is 8.78. The summed E-state index contributed by atoms with van der Waals surface area (Å²) in [6.07, 6.45) is 1.10. The van der Waals surface area contributed by atoms with E-state index < -0.39 is 0 Å². The van der Waals surface area contributed by atoms with E-state index in [1.165, 1.54) is 0 Å². The molecule has 0 aliphatic carbocycles. The first-order valence-electron chi connectivity index (χ1n) is 6.61. The van der Waals surface area contributed by atoms with Gasteiger partial charge < -0.3 is 15.2 Å². The third kappa shape index (κ3) is 5.27. The van der Waals surface area contributed by atoms with Crippen LogP contribution in [-0.2, 0) is 0 Å². The molecular formula is C14H23ClN2O2. The van der Waals surface area contributed by atoms with Gasteiger partial charge in [0.1, 0.15) is 18.1 Å².